The fourth-order valence-corrected chi connectivity index (χ4v) is 1.33. The molecule has 0 amide bonds. The Kier molecular flexibility index (Phi) is 4.65. The summed E-state index contributed by atoms with van der Waals surface area (Å²) >= 11 is 0. The summed E-state index contributed by atoms with van der Waals surface area (Å²) in [5.41, 5.74) is 0.746. The zero-order chi connectivity index (χ0) is 12.0. The van der Waals surface area contributed by atoms with E-state index in [1.54, 1.807) is 6.07 Å². The quantitative estimate of drug-likeness (QED) is 0.566. The maximum atomic E-state index is 10.4. The Labute approximate surface area is 93.5 Å². The van der Waals surface area contributed by atoms with Crippen molar-refractivity contribution < 1.29 is 10.0 Å². The van der Waals surface area contributed by atoms with Crippen LogP contribution in [0.5, 0.6) is 0 Å². The van der Waals surface area contributed by atoms with Gasteiger partial charge in [0.1, 0.15) is 0 Å². The highest BCUT2D eigenvalue weighted by Gasteiger charge is 2.07. The summed E-state index contributed by atoms with van der Waals surface area (Å²) in [5, 5.41) is 22.2. The number of nitrogens with one attached hydrogen (secondary N) is 1. The van der Waals surface area contributed by atoms with Crippen LogP contribution in [0.2, 0.25) is 0 Å². The first-order valence-corrected chi connectivity index (χ1v) is 5.11. The van der Waals surface area contributed by atoms with Crippen LogP contribution in [-0.2, 0) is 0 Å². The topological polar surface area (TPSA) is 88.3 Å². The summed E-state index contributed by atoms with van der Waals surface area (Å²) in [6.45, 7) is 2.15. The van der Waals surface area contributed by atoms with Crippen LogP contribution in [0, 0.1) is 10.1 Å². The summed E-state index contributed by atoms with van der Waals surface area (Å²) in [5.74, 6) is -0.159. The van der Waals surface area contributed by atoms with Crippen molar-refractivity contribution in [1.82, 2.24) is 4.98 Å². The third-order valence-electron chi connectivity index (χ3n) is 2.14. The first kappa shape index (κ1) is 12.4. The highest BCUT2D eigenvalue weighted by Crippen LogP contribution is 2.13. The number of rotatable bonds is 6. The molecule has 6 heteroatoms. The molecule has 0 aliphatic carbocycles. The molecule has 1 atom stereocenters. The molecule has 1 aromatic rings. The number of pyridine rings is 1. The summed E-state index contributed by atoms with van der Waals surface area (Å²) in [6, 6.07) is 3.19. The SMILES string of the molecule is CC(CCCO)Nc1ccc([N+](=O)[O-])nc1. The molecular formula is C10H15N3O3. The summed E-state index contributed by atoms with van der Waals surface area (Å²) < 4.78 is 0. The molecule has 1 rings (SSSR count). The minimum Gasteiger partial charge on any atom is -0.396 e. The van der Waals surface area contributed by atoms with Crippen LogP contribution in [0.3, 0.4) is 0 Å². The van der Waals surface area contributed by atoms with E-state index in [-0.39, 0.29) is 18.5 Å². The normalized spacial score (nSPS) is 12.1. The molecule has 0 spiro atoms. The van der Waals surface area contributed by atoms with Gasteiger partial charge in [0.25, 0.3) is 0 Å². The minimum absolute atomic E-state index is 0.159. The van der Waals surface area contributed by atoms with E-state index in [9.17, 15) is 10.1 Å². The number of nitrogens with zero attached hydrogens (tertiary/aromatic N) is 2. The van der Waals surface area contributed by atoms with Crippen LogP contribution >= 0.6 is 0 Å². The van der Waals surface area contributed by atoms with E-state index in [0.29, 0.717) is 0 Å². The summed E-state index contributed by atoms with van der Waals surface area (Å²) in [7, 11) is 0. The molecule has 0 aromatic carbocycles. The van der Waals surface area contributed by atoms with Gasteiger partial charge >= 0.3 is 5.82 Å². The number of hydrogen-bond donors (Lipinski definition) is 2. The highest BCUT2D eigenvalue weighted by molar-refractivity contribution is 5.44. The Morgan fingerprint density at radius 2 is 2.38 bits per heavy atom. The van der Waals surface area contributed by atoms with Crippen molar-refractivity contribution in [2.45, 2.75) is 25.8 Å². The van der Waals surface area contributed by atoms with Crippen molar-refractivity contribution in [3.8, 4) is 0 Å². The fourth-order valence-electron chi connectivity index (χ4n) is 1.33. The van der Waals surface area contributed by atoms with Crippen molar-refractivity contribution in [2.75, 3.05) is 11.9 Å². The van der Waals surface area contributed by atoms with Crippen molar-refractivity contribution in [2.24, 2.45) is 0 Å². The standard InChI is InChI=1S/C10H15N3O3/c1-8(3-2-6-14)12-9-4-5-10(11-7-9)13(15)16/h4-5,7-8,12,14H,2-3,6H2,1H3. The molecule has 0 saturated heterocycles. The van der Waals surface area contributed by atoms with E-state index < -0.39 is 4.92 Å². The van der Waals surface area contributed by atoms with E-state index in [0.717, 1.165) is 18.5 Å². The van der Waals surface area contributed by atoms with Crippen molar-refractivity contribution in [3.63, 3.8) is 0 Å². The predicted molar refractivity (Wildman–Crippen MR) is 60.3 cm³/mol. The predicted octanol–water partition coefficient (Wildman–Crippen LogP) is 1.56. The number of aliphatic hydroxyl groups excluding tert-OH is 1. The number of hydrogen-bond acceptors (Lipinski definition) is 5. The zero-order valence-corrected chi connectivity index (χ0v) is 9.09. The molecule has 1 aromatic heterocycles. The van der Waals surface area contributed by atoms with Gasteiger partial charge in [-0.3, -0.25) is 0 Å². The lowest BCUT2D eigenvalue weighted by Gasteiger charge is -2.12. The second-order valence-electron chi connectivity index (χ2n) is 3.57. The van der Waals surface area contributed by atoms with E-state index in [1.165, 1.54) is 12.3 Å². The molecule has 16 heavy (non-hydrogen) atoms. The highest BCUT2D eigenvalue weighted by atomic mass is 16.6. The second-order valence-corrected chi connectivity index (χ2v) is 3.57. The van der Waals surface area contributed by atoms with E-state index in [4.69, 9.17) is 5.11 Å². The van der Waals surface area contributed by atoms with Gasteiger partial charge in [-0.2, -0.15) is 0 Å². The maximum absolute atomic E-state index is 10.4. The second kappa shape index (κ2) is 6.02. The maximum Gasteiger partial charge on any atom is 0.363 e. The summed E-state index contributed by atoms with van der Waals surface area (Å²) in [6.07, 6.45) is 3.01. The Morgan fingerprint density at radius 3 is 2.88 bits per heavy atom. The van der Waals surface area contributed by atoms with Gasteiger partial charge in [0, 0.05) is 18.7 Å². The van der Waals surface area contributed by atoms with Gasteiger partial charge in [-0.05, 0) is 35.7 Å². The number of anilines is 1. The van der Waals surface area contributed by atoms with Gasteiger partial charge in [-0.15, -0.1) is 0 Å². The zero-order valence-electron chi connectivity index (χ0n) is 9.09. The van der Waals surface area contributed by atoms with Gasteiger partial charge in [0.15, 0.2) is 6.20 Å². The Bertz CT molecular complexity index is 340. The first-order chi connectivity index (χ1) is 7.63. The van der Waals surface area contributed by atoms with Crippen LogP contribution in [0.4, 0.5) is 11.5 Å². The molecule has 0 bridgehead atoms. The first-order valence-electron chi connectivity index (χ1n) is 5.11. The molecule has 2 N–H and O–H groups in total. The van der Waals surface area contributed by atoms with Gasteiger partial charge in [-0.25, -0.2) is 0 Å². The van der Waals surface area contributed by atoms with Crippen molar-refractivity contribution in [1.29, 1.82) is 0 Å². The minimum atomic E-state index is -0.529. The lowest BCUT2D eigenvalue weighted by atomic mass is 10.2. The van der Waals surface area contributed by atoms with E-state index >= 15 is 0 Å². The van der Waals surface area contributed by atoms with Gasteiger partial charge in [-0.1, -0.05) is 0 Å². The monoisotopic (exact) mass is 225 g/mol. The Balaban J connectivity index is 2.51. The van der Waals surface area contributed by atoms with Crippen LogP contribution in [0.15, 0.2) is 18.3 Å². The number of aliphatic hydroxyl groups is 1. The Hall–Kier alpha value is -1.69. The van der Waals surface area contributed by atoms with Crippen LogP contribution in [0.1, 0.15) is 19.8 Å². The molecule has 6 nitrogen and oxygen atoms in total. The van der Waals surface area contributed by atoms with Crippen molar-refractivity contribution in [3.05, 3.63) is 28.4 Å². The molecule has 0 aliphatic heterocycles. The fraction of sp³-hybridized carbons (Fsp3) is 0.500. The van der Waals surface area contributed by atoms with E-state index in [1.807, 2.05) is 6.92 Å². The molecular weight excluding hydrogens is 210 g/mol. The largest absolute Gasteiger partial charge is 0.396 e. The summed E-state index contributed by atoms with van der Waals surface area (Å²) in [4.78, 5) is 13.5. The number of nitro groups is 1. The lowest BCUT2D eigenvalue weighted by Crippen LogP contribution is -2.15. The van der Waals surface area contributed by atoms with Gasteiger partial charge < -0.3 is 20.5 Å². The van der Waals surface area contributed by atoms with E-state index in [2.05, 4.69) is 10.3 Å². The van der Waals surface area contributed by atoms with Crippen LogP contribution in [-0.4, -0.2) is 27.7 Å². The van der Waals surface area contributed by atoms with Crippen molar-refractivity contribution >= 4 is 11.5 Å². The smallest absolute Gasteiger partial charge is 0.363 e. The molecule has 1 heterocycles. The Morgan fingerprint density at radius 1 is 1.62 bits per heavy atom. The lowest BCUT2D eigenvalue weighted by molar-refractivity contribution is -0.389. The van der Waals surface area contributed by atoms with Gasteiger partial charge in [0.05, 0.1) is 5.69 Å². The molecule has 0 radical (unpaired) electrons. The average Bonchev–Trinajstić information content (AvgIpc) is 2.27. The van der Waals surface area contributed by atoms with Gasteiger partial charge in [0.2, 0.25) is 0 Å². The van der Waals surface area contributed by atoms with Crippen LogP contribution < -0.4 is 5.32 Å². The third kappa shape index (κ3) is 3.82. The van der Waals surface area contributed by atoms with Crippen LogP contribution in [0.25, 0.3) is 0 Å². The third-order valence-corrected chi connectivity index (χ3v) is 2.14. The molecule has 0 fully saturated rings. The molecule has 88 valence electrons. The molecule has 0 aliphatic rings. The molecule has 1 unspecified atom stereocenters. The number of aromatic nitrogens is 1. The average molecular weight is 225 g/mol. The molecule has 0 saturated carbocycles.